The average Bonchev–Trinajstić information content (AvgIpc) is 3.36. The highest BCUT2D eigenvalue weighted by atomic mass is 16.5. The van der Waals surface area contributed by atoms with Gasteiger partial charge in [-0.1, -0.05) is 49.3 Å². The highest BCUT2D eigenvalue weighted by Gasteiger charge is 2.33. The molecule has 0 bridgehead atoms. The fourth-order valence-electron chi connectivity index (χ4n) is 3.52. The first-order valence-corrected chi connectivity index (χ1v) is 9.94. The van der Waals surface area contributed by atoms with Crippen molar-refractivity contribution in [3.05, 3.63) is 47.6 Å². The zero-order chi connectivity index (χ0) is 19.1. The Balaban J connectivity index is 1.44. The van der Waals surface area contributed by atoms with Gasteiger partial charge in [0.15, 0.2) is 5.82 Å². The van der Waals surface area contributed by atoms with Gasteiger partial charge in [-0.25, -0.2) is 0 Å². The maximum absolute atomic E-state index is 12.5. The lowest BCUT2D eigenvalue weighted by Gasteiger charge is -2.21. The second kappa shape index (κ2) is 9.65. The zero-order valence-corrected chi connectivity index (χ0v) is 16.3. The Morgan fingerprint density at radius 3 is 2.81 bits per heavy atom. The Kier molecular flexibility index (Phi) is 6.98. The van der Waals surface area contributed by atoms with Gasteiger partial charge in [0, 0.05) is 25.4 Å². The molecule has 1 saturated heterocycles. The molecule has 146 valence electrons. The Morgan fingerprint density at radius 1 is 1.30 bits per heavy atom. The molecule has 0 spiro atoms. The minimum atomic E-state index is 0.128. The van der Waals surface area contributed by atoms with Crippen LogP contribution in [0.25, 0.3) is 0 Å². The molecule has 1 aliphatic heterocycles. The number of carbonyl (C=O) groups excluding carboxylic acids is 1. The first-order chi connectivity index (χ1) is 13.2. The molecule has 1 atom stereocenters. The van der Waals surface area contributed by atoms with Crippen molar-refractivity contribution in [3.8, 4) is 0 Å². The number of carbonyl (C=O) groups is 1. The van der Waals surface area contributed by atoms with E-state index in [9.17, 15) is 4.79 Å². The first kappa shape index (κ1) is 19.5. The Labute approximate surface area is 160 Å². The van der Waals surface area contributed by atoms with Crippen molar-refractivity contribution in [2.45, 2.75) is 52.1 Å². The van der Waals surface area contributed by atoms with Crippen molar-refractivity contribution < 1.29 is 14.1 Å². The van der Waals surface area contributed by atoms with Crippen molar-refractivity contribution in [2.75, 3.05) is 19.7 Å². The molecular weight excluding hydrogens is 342 g/mol. The molecule has 2 aromatic rings. The number of benzene rings is 1. The first-order valence-electron chi connectivity index (χ1n) is 9.94. The molecule has 1 fully saturated rings. The van der Waals surface area contributed by atoms with Crippen LogP contribution in [0.3, 0.4) is 0 Å². The third-order valence-electron chi connectivity index (χ3n) is 5.25. The molecule has 27 heavy (non-hydrogen) atoms. The van der Waals surface area contributed by atoms with Gasteiger partial charge in [-0.05, 0) is 24.8 Å². The highest BCUT2D eigenvalue weighted by molar-refractivity contribution is 5.79. The molecule has 1 aromatic heterocycles. The standard InChI is InChI=1S/C21H29N3O3/c1-3-17(4-2)21(25)24-12-10-18(14-24)20-22-19(23-27-20)11-13-26-15-16-8-6-5-7-9-16/h5-9,17-18H,3-4,10-15H2,1-2H3. The second-order valence-electron chi connectivity index (χ2n) is 7.12. The smallest absolute Gasteiger partial charge is 0.231 e. The molecule has 2 heterocycles. The van der Waals surface area contributed by atoms with E-state index >= 15 is 0 Å². The van der Waals surface area contributed by atoms with Gasteiger partial charge in [-0.3, -0.25) is 4.79 Å². The monoisotopic (exact) mass is 371 g/mol. The number of ether oxygens (including phenoxy) is 1. The van der Waals surface area contributed by atoms with E-state index in [0.29, 0.717) is 37.9 Å². The third-order valence-corrected chi connectivity index (χ3v) is 5.25. The van der Waals surface area contributed by atoms with Crippen molar-refractivity contribution >= 4 is 5.91 Å². The van der Waals surface area contributed by atoms with Crippen LogP contribution in [-0.2, 0) is 22.6 Å². The summed E-state index contributed by atoms with van der Waals surface area (Å²) in [4.78, 5) is 19.0. The zero-order valence-electron chi connectivity index (χ0n) is 16.3. The Hall–Kier alpha value is -2.21. The van der Waals surface area contributed by atoms with E-state index < -0.39 is 0 Å². The summed E-state index contributed by atoms with van der Waals surface area (Å²) in [6.45, 7) is 6.74. The third kappa shape index (κ3) is 5.16. The Morgan fingerprint density at radius 2 is 2.07 bits per heavy atom. The van der Waals surface area contributed by atoms with Crippen LogP contribution in [0.2, 0.25) is 0 Å². The van der Waals surface area contributed by atoms with Gasteiger partial charge in [0.1, 0.15) is 0 Å². The second-order valence-corrected chi connectivity index (χ2v) is 7.12. The summed E-state index contributed by atoms with van der Waals surface area (Å²) in [7, 11) is 0. The van der Waals surface area contributed by atoms with Crippen LogP contribution in [-0.4, -0.2) is 40.6 Å². The van der Waals surface area contributed by atoms with Gasteiger partial charge >= 0.3 is 0 Å². The molecule has 1 aromatic carbocycles. The summed E-state index contributed by atoms with van der Waals surface area (Å²) in [5.41, 5.74) is 1.15. The summed E-state index contributed by atoms with van der Waals surface area (Å²) >= 11 is 0. The average molecular weight is 371 g/mol. The number of likely N-dealkylation sites (tertiary alicyclic amines) is 1. The molecule has 1 aliphatic rings. The number of nitrogens with zero attached hydrogens (tertiary/aromatic N) is 3. The van der Waals surface area contributed by atoms with E-state index in [1.54, 1.807) is 0 Å². The lowest BCUT2D eigenvalue weighted by molar-refractivity contribution is -0.134. The topological polar surface area (TPSA) is 68.5 Å². The van der Waals surface area contributed by atoms with Crippen LogP contribution < -0.4 is 0 Å². The summed E-state index contributed by atoms with van der Waals surface area (Å²) in [6, 6.07) is 10.1. The fourth-order valence-corrected chi connectivity index (χ4v) is 3.52. The van der Waals surface area contributed by atoms with E-state index in [4.69, 9.17) is 9.26 Å². The molecule has 3 rings (SSSR count). The van der Waals surface area contributed by atoms with Gasteiger partial charge in [0.2, 0.25) is 11.8 Å². The number of rotatable bonds is 9. The number of amides is 1. The SMILES string of the molecule is CCC(CC)C(=O)N1CCC(c2nc(CCOCc3ccccc3)no2)C1. The molecule has 1 amide bonds. The molecule has 0 N–H and O–H groups in total. The summed E-state index contributed by atoms with van der Waals surface area (Å²) < 4.78 is 11.1. The van der Waals surface area contributed by atoms with E-state index in [1.807, 2.05) is 35.2 Å². The molecular formula is C21H29N3O3. The minimum absolute atomic E-state index is 0.128. The maximum Gasteiger partial charge on any atom is 0.231 e. The van der Waals surface area contributed by atoms with Gasteiger partial charge in [0.25, 0.3) is 0 Å². The molecule has 0 aliphatic carbocycles. The quantitative estimate of drug-likeness (QED) is 0.630. The van der Waals surface area contributed by atoms with Gasteiger partial charge in [0.05, 0.1) is 19.1 Å². The summed E-state index contributed by atoms with van der Waals surface area (Å²) in [5.74, 6) is 1.85. The number of hydrogen-bond acceptors (Lipinski definition) is 5. The largest absolute Gasteiger partial charge is 0.376 e. The normalized spacial score (nSPS) is 17.0. The lowest BCUT2D eigenvalue weighted by atomic mass is 10.0. The van der Waals surface area contributed by atoms with Crippen LogP contribution in [0.4, 0.5) is 0 Å². The van der Waals surface area contributed by atoms with Crippen LogP contribution in [0.1, 0.15) is 56.3 Å². The van der Waals surface area contributed by atoms with Gasteiger partial charge in [-0.2, -0.15) is 4.98 Å². The molecule has 6 nitrogen and oxygen atoms in total. The van der Waals surface area contributed by atoms with E-state index in [2.05, 4.69) is 24.0 Å². The predicted octanol–water partition coefficient (Wildman–Crippen LogP) is 3.58. The minimum Gasteiger partial charge on any atom is -0.376 e. The van der Waals surface area contributed by atoms with Crippen LogP contribution in [0, 0.1) is 5.92 Å². The van der Waals surface area contributed by atoms with E-state index in [1.165, 1.54) is 0 Å². The van der Waals surface area contributed by atoms with Crippen molar-refractivity contribution in [2.24, 2.45) is 5.92 Å². The molecule has 6 heteroatoms. The van der Waals surface area contributed by atoms with Crippen molar-refractivity contribution in [3.63, 3.8) is 0 Å². The molecule has 1 unspecified atom stereocenters. The predicted molar refractivity (Wildman–Crippen MR) is 102 cm³/mol. The summed E-state index contributed by atoms with van der Waals surface area (Å²) in [5, 5.41) is 4.07. The molecule has 0 saturated carbocycles. The maximum atomic E-state index is 12.5. The van der Waals surface area contributed by atoms with Crippen molar-refractivity contribution in [1.29, 1.82) is 0 Å². The van der Waals surface area contributed by atoms with Crippen LogP contribution in [0.15, 0.2) is 34.9 Å². The van der Waals surface area contributed by atoms with Gasteiger partial charge < -0.3 is 14.2 Å². The van der Waals surface area contributed by atoms with Crippen LogP contribution >= 0.6 is 0 Å². The van der Waals surface area contributed by atoms with Crippen LogP contribution in [0.5, 0.6) is 0 Å². The van der Waals surface area contributed by atoms with E-state index in [0.717, 1.165) is 31.4 Å². The highest BCUT2D eigenvalue weighted by Crippen LogP contribution is 2.28. The van der Waals surface area contributed by atoms with E-state index in [-0.39, 0.29) is 17.7 Å². The lowest BCUT2D eigenvalue weighted by Crippen LogP contribution is -2.33. The Bertz CT molecular complexity index is 712. The number of aromatic nitrogens is 2. The molecule has 0 radical (unpaired) electrons. The fraction of sp³-hybridized carbons (Fsp3) is 0.571. The van der Waals surface area contributed by atoms with Gasteiger partial charge in [-0.15, -0.1) is 0 Å². The van der Waals surface area contributed by atoms with Crippen molar-refractivity contribution in [1.82, 2.24) is 15.0 Å². The summed E-state index contributed by atoms with van der Waals surface area (Å²) in [6.07, 6.45) is 3.30. The number of hydrogen-bond donors (Lipinski definition) is 0.